The molecule has 0 radical (unpaired) electrons. The number of aryl methyl sites for hydroxylation is 2. The summed E-state index contributed by atoms with van der Waals surface area (Å²) in [6.45, 7) is 3.81. The molecule has 8 heteroatoms. The van der Waals surface area contributed by atoms with Gasteiger partial charge in [0.1, 0.15) is 10.8 Å². The van der Waals surface area contributed by atoms with E-state index in [-0.39, 0.29) is 6.04 Å². The highest BCUT2D eigenvalue weighted by molar-refractivity contribution is 6.30. The van der Waals surface area contributed by atoms with Crippen LogP contribution in [0.25, 0.3) is 11.5 Å². The molecule has 26 heavy (non-hydrogen) atoms. The predicted molar refractivity (Wildman–Crippen MR) is 97.5 cm³/mol. The smallest absolute Gasteiger partial charge is 0.244 e. The molecule has 0 amide bonds. The Bertz CT molecular complexity index is 890. The lowest BCUT2D eigenvalue weighted by Gasteiger charge is -2.21. The van der Waals surface area contributed by atoms with E-state index in [0.717, 1.165) is 49.3 Å². The molecule has 1 fully saturated rings. The van der Waals surface area contributed by atoms with Crippen LogP contribution in [0.1, 0.15) is 43.0 Å². The van der Waals surface area contributed by atoms with E-state index in [4.69, 9.17) is 16.1 Å². The van der Waals surface area contributed by atoms with Crippen molar-refractivity contribution in [1.82, 2.24) is 29.8 Å². The van der Waals surface area contributed by atoms with Gasteiger partial charge in [0.15, 0.2) is 0 Å². The summed E-state index contributed by atoms with van der Waals surface area (Å²) in [4.78, 5) is 11.2. The summed E-state index contributed by atoms with van der Waals surface area (Å²) in [6, 6.07) is 5.76. The van der Waals surface area contributed by atoms with Gasteiger partial charge in [-0.25, -0.2) is 0 Å². The first kappa shape index (κ1) is 17.2. The number of halogens is 1. The Labute approximate surface area is 157 Å². The molecule has 0 spiro atoms. The van der Waals surface area contributed by atoms with Crippen molar-refractivity contribution < 1.29 is 4.52 Å². The summed E-state index contributed by atoms with van der Waals surface area (Å²) < 4.78 is 7.31. The third-order valence-corrected chi connectivity index (χ3v) is 5.31. The van der Waals surface area contributed by atoms with Crippen molar-refractivity contribution in [2.45, 2.75) is 38.8 Å². The quantitative estimate of drug-likeness (QED) is 0.683. The molecule has 0 N–H and O–H groups in total. The minimum atomic E-state index is 0.0981. The van der Waals surface area contributed by atoms with Gasteiger partial charge in [-0.1, -0.05) is 29.7 Å². The van der Waals surface area contributed by atoms with E-state index < -0.39 is 0 Å². The van der Waals surface area contributed by atoms with E-state index in [1.807, 2.05) is 25.2 Å². The van der Waals surface area contributed by atoms with Gasteiger partial charge >= 0.3 is 0 Å². The van der Waals surface area contributed by atoms with Crippen LogP contribution in [-0.4, -0.2) is 36.3 Å². The lowest BCUT2D eigenvalue weighted by Crippen LogP contribution is -2.23. The monoisotopic (exact) mass is 372 g/mol. The number of pyridine rings is 1. The fourth-order valence-corrected chi connectivity index (χ4v) is 3.71. The van der Waals surface area contributed by atoms with Crippen molar-refractivity contribution in [3.05, 3.63) is 46.7 Å². The van der Waals surface area contributed by atoms with Crippen LogP contribution in [0.4, 0.5) is 0 Å². The number of rotatable bonds is 5. The fourth-order valence-electron chi connectivity index (χ4n) is 3.51. The fraction of sp³-hybridized carbons (Fsp3) is 0.444. The third-order valence-electron chi connectivity index (χ3n) is 4.83. The van der Waals surface area contributed by atoms with E-state index >= 15 is 0 Å². The molecule has 0 aromatic carbocycles. The van der Waals surface area contributed by atoms with Crippen LogP contribution in [0.15, 0.2) is 28.9 Å². The highest BCUT2D eigenvalue weighted by Gasteiger charge is 2.32. The second-order valence-corrected chi connectivity index (χ2v) is 6.85. The number of nitrogens with zero attached hydrogens (tertiary/aromatic N) is 6. The molecule has 0 bridgehead atoms. The molecular formula is C18H21ClN6O. The second kappa shape index (κ2) is 7.17. The van der Waals surface area contributed by atoms with Crippen LogP contribution in [0, 0.1) is 0 Å². The summed E-state index contributed by atoms with van der Waals surface area (Å²) in [5.74, 6) is 1.17. The molecule has 4 heterocycles. The lowest BCUT2D eigenvalue weighted by atomic mass is 10.1. The molecule has 1 aliphatic heterocycles. The van der Waals surface area contributed by atoms with Gasteiger partial charge in [0.25, 0.3) is 0 Å². The Hall–Kier alpha value is -2.25. The molecule has 0 unspecified atom stereocenters. The zero-order chi connectivity index (χ0) is 18.1. The maximum absolute atomic E-state index is 6.46. The lowest BCUT2D eigenvalue weighted by molar-refractivity contribution is 0.200. The Balaban J connectivity index is 1.57. The summed E-state index contributed by atoms with van der Waals surface area (Å²) in [7, 11) is 1.88. The van der Waals surface area contributed by atoms with Gasteiger partial charge in [0.05, 0.1) is 11.7 Å². The van der Waals surface area contributed by atoms with Crippen molar-refractivity contribution in [2.24, 2.45) is 7.05 Å². The molecule has 1 saturated heterocycles. The van der Waals surface area contributed by atoms with Crippen LogP contribution in [0.3, 0.4) is 0 Å². The van der Waals surface area contributed by atoms with Crippen molar-refractivity contribution in [3.63, 3.8) is 0 Å². The van der Waals surface area contributed by atoms with Gasteiger partial charge in [0, 0.05) is 25.4 Å². The molecule has 4 rings (SSSR count). The van der Waals surface area contributed by atoms with Gasteiger partial charge in [-0.05, 0) is 37.9 Å². The first-order valence-electron chi connectivity index (χ1n) is 8.86. The molecule has 7 nitrogen and oxygen atoms in total. The van der Waals surface area contributed by atoms with Gasteiger partial charge in [-0.2, -0.15) is 10.1 Å². The van der Waals surface area contributed by atoms with Crippen molar-refractivity contribution >= 4 is 11.6 Å². The molecule has 1 aliphatic rings. The number of hydrogen-bond acceptors (Lipinski definition) is 6. The number of likely N-dealkylation sites (tertiary alicyclic amines) is 1. The maximum atomic E-state index is 6.46. The van der Waals surface area contributed by atoms with E-state index in [2.05, 4.69) is 32.0 Å². The normalized spacial score (nSPS) is 17.9. The topological polar surface area (TPSA) is 72.9 Å². The molecule has 3 aromatic heterocycles. The SMILES string of the molecule is CCc1nn(C)c(Cl)c1CN1CCC[C@H]1c1nc(-c2ccccn2)no1. The van der Waals surface area contributed by atoms with Crippen molar-refractivity contribution in [1.29, 1.82) is 0 Å². The van der Waals surface area contributed by atoms with Gasteiger partial charge in [-0.3, -0.25) is 14.6 Å². The summed E-state index contributed by atoms with van der Waals surface area (Å²) in [5.41, 5.74) is 2.85. The minimum absolute atomic E-state index is 0.0981. The summed E-state index contributed by atoms with van der Waals surface area (Å²) in [5, 5.41) is 9.32. The Morgan fingerprint density at radius 2 is 2.23 bits per heavy atom. The van der Waals surface area contributed by atoms with Crippen LogP contribution in [0.5, 0.6) is 0 Å². The maximum Gasteiger partial charge on any atom is 0.244 e. The Kier molecular flexibility index (Phi) is 4.74. The molecule has 1 atom stereocenters. The predicted octanol–water partition coefficient (Wildman–Crippen LogP) is 3.42. The highest BCUT2D eigenvalue weighted by Crippen LogP contribution is 2.34. The van der Waals surface area contributed by atoms with Crippen molar-refractivity contribution in [3.8, 4) is 11.5 Å². The number of hydrogen-bond donors (Lipinski definition) is 0. The third kappa shape index (κ3) is 3.12. The summed E-state index contributed by atoms with van der Waals surface area (Å²) >= 11 is 6.46. The molecule has 3 aromatic rings. The summed E-state index contributed by atoms with van der Waals surface area (Å²) in [6.07, 6.45) is 4.66. The van der Waals surface area contributed by atoms with E-state index in [1.54, 1.807) is 10.9 Å². The van der Waals surface area contributed by atoms with Crippen molar-refractivity contribution in [2.75, 3.05) is 6.54 Å². The van der Waals surface area contributed by atoms with E-state index in [9.17, 15) is 0 Å². The average Bonchev–Trinajstić information content (AvgIpc) is 3.38. The van der Waals surface area contributed by atoms with E-state index in [1.165, 1.54) is 0 Å². The van der Waals surface area contributed by atoms with Crippen LogP contribution in [0.2, 0.25) is 5.15 Å². The van der Waals surface area contributed by atoms with Gasteiger partial charge < -0.3 is 4.52 Å². The number of aromatic nitrogens is 5. The Morgan fingerprint density at radius 3 is 3.00 bits per heavy atom. The first-order valence-corrected chi connectivity index (χ1v) is 9.24. The van der Waals surface area contributed by atoms with Crippen LogP contribution in [-0.2, 0) is 20.0 Å². The van der Waals surface area contributed by atoms with Gasteiger partial charge in [-0.15, -0.1) is 0 Å². The largest absolute Gasteiger partial charge is 0.337 e. The van der Waals surface area contributed by atoms with Crippen LogP contribution < -0.4 is 0 Å². The minimum Gasteiger partial charge on any atom is -0.337 e. The zero-order valence-electron chi connectivity index (χ0n) is 14.9. The van der Waals surface area contributed by atoms with E-state index in [0.29, 0.717) is 16.9 Å². The zero-order valence-corrected chi connectivity index (χ0v) is 15.6. The average molecular weight is 373 g/mol. The van der Waals surface area contributed by atoms with Gasteiger partial charge in [0.2, 0.25) is 11.7 Å². The Morgan fingerprint density at radius 1 is 1.35 bits per heavy atom. The van der Waals surface area contributed by atoms with Crippen LogP contribution >= 0.6 is 11.6 Å². The second-order valence-electron chi connectivity index (χ2n) is 6.49. The highest BCUT2D eigenvalue weighted by atomic mass is 35.5. The molecule has 136 valence electrons. The first-order chi connectivity index (χ1) is 12.7. The molecule has 0 aliphatic carbocycles. The standard InChI is InChI=1S/C18H21ClN6O/c1-3-13-12(16(19)24(2)22-13)11-25-10-6-8-15(25)18-21-17(23-26-18)14-7-4-5-9-20-14/h4-5,7,9,15H,3,6,8,10-11H2,1-2H3/t15-/m0/s1. The molecule has 0 saturated carbocycles. The molecular weight excluding hydrogens is 352 g/mol.